The summed E-state index contributed by atoms with van der Waals surface area (Å²) in [6.45, 7) is 10.6. The maximum absolute atomic E-state index is 3.76. The number of nitrogens with zero attached hydrogens (tertiary/aromatic N) is 1. The predicted molar refractivity (Wildman–Crippen MR) is 85.0 cm³/mol. The van der Waals surface area contributed by atoms with Crippen LogP contribution < -0.4 is 5.32 Å². The lowest BCUT2D eigenvalue weighted by Crippen LogP contribution is -2.47. The summed E-state index contributed by atoms with van der Waals surface area (Å²) < 4.78 is 0. The number of benzene rings is 1. The van der Waals surface area contributed by atoms with E-state index in [1.807, 2.05) is 0 Å². The molecule has 0 saturated carbocycles. The molecule has 4 atom stereocenters. The molecule has 1 heterocycles. The van der Waals surface area contributed by atoms with E-state index in [1.54, 1.807) is 5.56 Å². The quantitative estimate of drug-likeness (QED) is 0.905. The van der Waals surface area contributed by atoms with Gasteiger partial charge in [-0.1, -0.05) is 45.0 Å². The highest BCUT2D eigenvalue weighted by Crippen LogP contribution is 2.40. The molecule has 2 heteroatoms. The van der Waals surface area contributed by atoms with Crippen molar-refractivity contribution in [2.45, 2.75) is 51.6 Å². The minimum Gasteiger partial charge on any atom is -0.309 e. The van der Waals surface area contributed by atoms with Gasteiger partial charge in [0.15, 0.2) is 0 Å². The van der Waals surface area contributed by atoms with Crippen molar-refractivity contribution >= 4 is 0 Å². The molecule has 1 aromatic rings. The lowest BCUT2D eigenvalue weighted by molar-refractivity contribution is 0.159. The fraction of sp³-hybridized carbons (Fsp3) is 0.667. The van der Waals surface area contributed by atoms with Crippen LogP contribution in [0.4, 0.5) is 0 Å². The standard InChI is InChI=1S/C18H28N2/c1-4-19-18-16-8-6-5-7-15(16)14(3)11-17(18)20-10-9-13(2)12-20/h5-8,13-14,17-19H,4,9-12H2,1-3H3. The van der Waals surface area contributed by atoms with E-state index >= 15 is 0 Å². The van der Waals surface area contributed by atoms with E-state index in [0.29, 0.717) is 18.0 Å². The average molecular weight is 272 g/mol. The van der Waals surface area contributed by atoms with Gasteiger partial charge in [-0.25, -0.2) is 0 Å². The molecule has 1 aliphatic heterocycles. The summed E-state index contributed by atoms with van der Waals surface area (Å²) in [6.07, 6.45) is 2.66. The number of rotatable bonds is 3. The molecule has 4 unspecified atom stereocenters. The topological polar surface area (TPSA) is 15.3 Å². The summed E-state index contributed by atoms with van der Waals surface area (Å²) in [5.74, 6) is 1.55. The monoisotopic (exact) mass is 272 g/mol. The van der Waals surface area contributed by atoms with Crippen LogP contribution in [-0.4, -0.2) is 30.6 Å². The predicted octanol–water partition coefficient (Wildman–Crippen LogP) is 3.55. The minimum absolute atomic E-state index is 0.512. The molecule has 2 nitrogen and oxygen atoms in total. The number of likely N-dealkylation sites (tertiary alicyclic amines) is 1. The van der Waals surface area contributed by atoms with Gasteiger partial charge in [0.05, 0.1) is 0 Å². The van der Waals surface area contributed by atoms with Crippen LogP contribution >= 0.6 is 0 Å². The highest BCUT2D eigenvalue weighted by molar-refractivity contribution is 5.36. The highest BCUT2D eigenvalue weighted by atomic mass is 15.2. The fourth-order valence-electron chi connectivity index (χ4n) is 4.17. The molecule has 1 fully saturated rings. The average Bonchev–Trinajstić information content (AvgIpc) is 2.88. The van der Waals surface area contributed by atoms with Gasteiger partial charge in [-0.2, -0.15) is 0 Å². The minimum atomic E-state index is 0.512. The SMILES string of the molecule is CCNC1c2ccccc2C(C)CC1N1CCC(C)C1. The molecule has 2 aliphatic rings. The molecule has 3 rings (SSSR count). The molecule has 20 heavy (non-hydrogen) atoms. The van der Waals surface area contributed by atoms with E-state index in [9.17, 15) is 0 Å². The molecule has 1 saturated heterocycles. The molecule has 0 aromatic heterocycles. The van der Waals surface area contributed by atoms with E-state index in [0.717, 1.165) is 12.5 Å². The third kappa shape index (κ3) is 2.51. The molecule has 1 aromatic carbocycles. The van der Waals surface area contributed by atoms with Crippen LogP contribution in [-0.2, 0) is 0 Å². The van der Waals surface area contributed by atoms with Crippen molar-refractivity contribution in [2.24, 2.45) is 5.92 Å². The molecular weight excluding hydrogens is 244 g/mol. The van der Waals surface area contributed by atoms with Crippen LogP contribution in [0.25, 0.3) is 0 Å². The first-order valence-corrected chi connectivity index (χ1v) is 8.27. The number of fused-ring (bicyclic) bond motifs is 1. The van der Waals surface area contributed by atoms with Crippen molar-refractivity contribution in [1.29, 1.82) is 0 Å². The summed E-state index contributed by atoms with van der Waals surface area (Å²) in [5.41, 5.74) is 3.10. The van der Waals surface area contributed by atoms with Gasteiger partial charge < -0.3 is 5.32 Å². The first-order valence-electron chi connectivity index (χ1n) is 8.27. The summed E-state index contributed by atoms with van der Waals surface area (Å²) in [4.78, 5) is 2.74. The lowest BCUT2D eigenvalue weighted by atomic mass is 9.77. The van der Waals surface area contributed by atoms with Gasteiger partial charge in [-0.05, 0) is 48.9 Å². The first-order chi connectivity index (χ1) is 9.70. The van der Waals surface area contributed by atoms with Crippen LogP contribution in [0.1, 0.15) is 56.7 Å². The Hall–Kier alpha value is -0.860. The molecule has 0 spiro atoms. The Bertz CT molecular complexity index is 456. The zero-order chi connectivity index (χ0) is 14.1. The second-order valence-corrected chi connectivity index (χ2v) is 6.76. The Balaban J connectivity index is 1.91. The van der Waals surface area contributed by atoms with Crippen molar-refractivity contribution in [2.75, 3.05) is 19.6 Å². The summed E-state index contributed by atoms with van der Waals surface area (Å²) >= 11 is 0. The van der Waals surface area contributed by atoms with Crippen molar-refractivity contribution in [3.63, 3.8) is 0 Å². The van der Waals surface area contributed by atoms with Gasteiger partial charge in [-0.15, -0.1) is 0 Å². The summed E-state index contributed by atoms with van der Waals surface area (Å²) in [5, 5.41) is 3.76. The second kappa shape index (κ2) is 5.87. The smallest absolute Gasteiger partial charge is 0.0481 e. The van der Waals surface area contributed by atoms with Gasteiger partial charge in [0.2, 0.25) is 0 Å². The molecule has 0 amide bonds. The Morgan fingerprint density at radius 1 is 1.20 bits per heavy atom. The molecule has 110 valence electrons. The van der Waals surface area contributed by atoms with Gasteiger partial charge in [0, 0.05) is 18.6 Å². The third-order valence-corrected chi connectivity index (χ3v) is 5.19. The van der Waals surface area contributed by atoms with Gasteiger partial charge in [-0.3, -0.25) is 4.90 Å². The normalized spacial score (nSPS) is 34.1. The van der Waals surface area contributed by atoms with Crippen LogP contribution in [0.5, 0.6) is 0 Å². The van der Waals surface area contributed by atoms with Crippen molar-refractivity contribution in [3.8, 4) is 0 Å². The van der Waals surface area contributed by atoms with Crippen molar-refractivity contribution in [1.82, 2.24) is 10.2 Å². The highest BCUT2D eigenvalue weighted by Gasteiger charge is 2.37. The molecule has 1 N–H and O–H groups in total. The van der Waals surface area contributed by atoms with Crippen LogP contribution in [0.15, 0.2) is 24.3 Å². The lowest BCUT2D eigenvalue weighted by Gasteiger charge is -2.42. The first kappa shape index (κ1) is 14.1. The molecule has 0 radical (unpaired) electrons. The number of likely N-dealkylation sites (N-methyl/N-ethyl adjacent to an activating group) is 1. The van der Waals surface area contributed by atoms with Crippen LogP contribution in [0.3, 0.4) is 0 Å². The third-order valence-electron chi connectivity index (χ3n) is 5.19. The second-order valence-electron chi connectivity index (χ2n) is 6.76. The zero-order valence-corrected chi connectivity index (χ0v) is 13.1. The largest absolute Gasteiger partial charge is 0.309 e. The number of hydrogen-bond donors (Lipinski definition) is 1. The summed E-state index contributed by atoms with van der Waals surface area (Å²) in [7, 11) is 0. The van der Waals surface area contributed by atoms with Crippen LogP contribution in [0, 0.1) is 5.92 Å². The van der Waals surface area contributed by atoms with E-state index < -0.39 is 0 Å². The maximum Gasteiger partial charge on any atom is 0.0481 e. The van der Waals surface area contributed by atoms with Crippen molar-refractivity contribution < 1.29 is 0 Å². The van der Waals surface area contributed by atoms with E-state index in [-0.39, 0.29) is 0 Å². The van der Waals surface area contributed by atoms with E-state index in [4.69, 9.17) is 0 Å². The Morgan fingerprint density at radius 3 is 2.60 bits per heavy atom. The van der Waals surface area contributed by atoms with Gasteiger partial charge in [0.25, 0.3) is 0 Å². The Morgan fingerprint density at radius 2 is 1.95 bits per heavy atom. The Kier molecular flexibility index (Phi) is 4.13. The van der Waals surface area contributed by atoms with Gasteiger partial charge >= 0.3 is 0 Å². The zero-order valence-electron chi connectivity index (χ0n) is 13.1. The Labute approximate surface area is 123 Å². The maximum atomic E-state index is 3.76. The van der Waals surface area contributed by atoms with E-state index in [2.05, 4.69) is 55.3 Å². The molecule has 1 aliphatic carbocycles. The van der Waals surface area contributed by atoms with Crippen LogP contribution in [0.2, 0.25) is 0 Å². The number of nitrogens with one attached hydrogen (secondary N) is 1. The molecular formula is C18H28N2. The van der Waals surface area contributed by atoms with Gasteiger partial charge in [0.1, 0.15) is 0 Å². The fourth-order valence-corrected chi connectivity index (χ4v) is 4.17. The summed E-state index contributed by atoms with van der Waals surface area (Å²) in [6, 6.07) is 10.2. The molecule has 0 bridgehead atoms. The van der Waals surface area contributed by atoms with Crippen molar-refractivity contribution in [3.05, 3.63) is 35.4 Å². The number of hydrogen-bond acceptors (Lipinski definition) is 2. The van der Waals surface area contributed by atoms with E-state index in [1.165, 1.54) is 31.5 Å².